The Kier molecular flexibility index (Phi) is 31.6. The number of rotatable bonds is 33. The summed E-state index contributed by atoms with van der Waals surface area (Å²) in [5.74, 6) is 0. The van der Waals surface area contributed by atoms with E-state index in [0.29, 0.717) is 0 Å². The maximum atomic E-state index is 2.53. The zero-order valence-corrected chi connectivity index (χ0v) is 37.0. The fourth-order valence-electron chi connectivity index (χ4n) is 8.12. The summed E-state index contributed by atoms with van der Waals surface area (Å²) in [4.78, 5) is 0. The van der Waals surface area contributed by atoms with E-state index in [1.165, 1.54) is 211 Å². The molecule has 0 saturated heterocycles. The second-order valence-electron chi connectivity index (χ2n) is 16.9. The van der Waals surface area contributed by atoms with Gasteiger partial charge in [0, 0.05) is 11.1 Å². The van der Waals surface area contributed by atoms with Crippen LogP contribution in [0, 0.1) is 0 Å². The third kappa shape index (κ3) is 23.7. The third-order valence-electron chi connectivity index (χ3n) is 11.6. The van der Waals surface area contributed by atoms with Crippen LogP contribution in [0.3, 0.4) is 0 Å². The summed E-state index contributed by atoms with van der Waals surface area (Å²) in [5, 5.41) is 0. The zero-order chi connectivity index (χ0) is 36.2. The molecule has 0 heterocycles. The molecule has 2 unspecified atom stereocenters. The van der Waals surface area contributed by atoms with Crippen molar-refractivity contribution in [2.45, 2.75) is 195 Å². The first kappa shape index (κ1) is 50.9. The fourth-order valence-corrected chi connectivity index (χ4v) is 8.12. The van der Waals surface area contributed by atoms with Crippen LogP contribution in [0.1, 0.15) is 193 Å². The van der Waals surface area contributed by atoms with Crippen LogP contribution in [-0.2, 0) is 13.1 Å². The second kappa shape index (κ2) is 32.2. The highest BCUT2D eigenvalue weighted by molar-refractivity contribution is 5.63. The van der Waals surface area contributed by atoms with Gasteiger partial charge in [-0.25, -0.2) is 0 Å². The molecule has 0 amide bonds. The van der Waals surface area contributed by atoms with E-state index in [2.05, 4.69) is 90.3 Å². The lowest BCUT2D eigenvalue weighted by atomic mass is 10.0. The number of benzene rings is 2. The van der Waals surface area contributed by atoms with E-state index in [4.69, 9.17) is 0 Å². The van der Waals surface area contributed by atoms with Gasteiger partial charge in [-0.3, -0.25) is 0 Å². The minimum absolute atomic E-state index is 0. The average molecular weight is 762 g/mol. The van der Waals surface area contributed by atoms with Gasteiger partial charge in [0.15, 0.2) is 0 Å². The van der Waals surface area contributed by atoms with Crippen molar-refractivity contribution in [3.63, 3.8) is 0 Å². The highest BCUT2D eigenvalue weighted by atomic mass is 35.5. The normalized spacial score (nSPS) is 13.6. The van der Waals surface area contributed by atoms with Gasteiger partial charge in [-0.05, 0) is 62.5 Å². The van der Waals surface area contributed by atoms with E-state index in [1.807, 2.05) is 0 Å². The zero-order valence-electron chi connectivity index (χ0n) is 35.5. The van der Waals surface area contributed by atoms with Gasteiger partial charge < -0.3 is 33.8 Å². The molecule has 0 N–H and O–H groups in total. The molecule has 0 saturated carbocycles. The average Bonchev–Trinajstić information content (AvgIpc) is 3.12. The molecule has 2 nitrogen and oxygen atoms in total. The molecular weight excluding hydrogens is 675 g/mol. The van der Waals surface area contributed by atoms with Crippen LogP contribution in [0.2, 0.25) is 0 Å². The summed E-state index contributed by atoms with van der Waals surface area (Å²) in [6.45, 7) is 16.9. The highest BCUT2D eigenvalue weighted by Crippen LogP contribution is 2.25. The minimum atomic E-state index is 0. The molecule has 2 rings (SSSR count). The van der Waals surface area contributed by atoms with Gasteiger partial charge in [0.2, 0.25) is 0 Å². The fraction of sp³-hybridized carbons (Fsp3) is 0.750. The van der Waals surface area contributed by atoms with Crippen molar-refractivity contribution >= 4 is 0 Å². The van der Waals surface area contributed by atoms with Crippen LogP contribution in [0.15, 0.2) is 48.5 Å². The van der Waals surface area contributed by atoms with Crippen molar-refractivity contribution < 1.29 is 33.8 Å². The Hall–Kier alpha value is -1.06. The Morgan fingerprint density at radius 2 is 0.519 bits per heavy atom. The van der Waals surface area contributed by atoms with Crippen molar-refractivity contribution in [3.8, 4) is 11.1 Å². The maximum Gasteiger partial charge on any atom is 0.104 e. The number of nitrogens with zero attached hydrogens (tertiary/aromatic N) is 2. The predicted molar refractivity (Wildman–Crippen MR) is 225 cm³/mol. The molecule has 2 atom stereocenters. The summed E-state index contributed by atoms with van der Waals surface area (Å²) in [5.41, 5.74) is 5.72. The van der Waals surface area contributed by atoms with E-state index in [9.17, 15) is 0 Å². The van der Waals surface area contributed by atoms with Crippen LogP contribution >= 0.6 is 0 Å². The summed E-state index contributed by atoms with van der Waals surface area (Å²) in [6, 6.07) is 19.2. The molecule has 2 aromatic carbocycles. The number of hydrogen-bond acceptors (Lipinski definition) is 0. The van der Waals surface area contributed by atoms with Gasteiger partial charge in [0.1, 0.15) is 13.1 Å². The molecule has 0 aliphatic heterocycles. The van der Waals surface area contributed by atoms with Gasteiger partial charge in [0.25, 0.3) is 0 Å². The predicted octanol–water partition coefficient (Wildman–Crippen LogP) is 8.70. The molecule has 0 aromatic heterocycles. The molecule has 0 aliphatic rings. The van der Waals surface area contributed by atoms with E-state index < -0.39 is 0 Å². The summed E-state index contributed by atoms with van der Waals surface area (Å²) in [6.07, 6.45) is 33.4. The molecule has 0 bridgehead atoms. The van der Waals surface area contributed by atoms with E-state index in [1.54, 1.807) is 0 Å². The van der Waals surface area contributed by atoms with E-state index >= 15 is 0 Å². The molecule has 52 heavy (non-hydrogen) atoms. The van der Waals surface area contributed by atoms with Crippen molar-refractivity contribution in [1.29, 1.82) is 0 Å². The highest BCUT2D eigenvalue weighted by Gasteiger charge is 2.23. The second-order valence-corrected chi connectivity index (χ2v) is 16.9. The largest absolute Gasteiger partial charge is 1.00 e. The van der Waals surface area contributed by atoms with Crippen LogP contribution in [0.25, 0.3) is 11.1 Å². The first-order chi connectivity index (χ1) is 24.4. The standard InChI is InChI=1S/C48H86N2.2ClH/c1-7-11-15-19-21-23-25-29-41-49(5,39-27-17-13-9-3)43-45-31-35-47(36-32-45)48-37-33-46(34-38-48)44-50(6,40-28-18-14-10-4)42-30-26-24-22-20-16-12-8-2;;/h31-38H,7-30,39-44H2,1-6H3;2*1H/q+2;;/p-2. The molecule has 302 valence electrons. The lowest BCUT2D eigenvalue weighted by molar-refractivity contribution is -0.923. The number of hydrogen-bond donors (Lipinski definition) is 0. The molecule has 2 aromatic rings. The molecule has 4 heteroatoms. The first-order valence-electron chi connectivity index (χ1n) is 22.2. The number of quaternary nitrogens is 2. The third-order valence-corrected chi connectivity index (χ3v) is 11.6. The molecule has 0 aliphatic carbocycles. The summed E-state index contributed by atoms with van der Waals surface area (Å²) >= 11 is 0. The smallest absolute Gasteiger partial charge is 0.104 e. The van der Waals surface area contributed by atoms with Gasteiger partial charge in [-0.15, -0.1) is 0 Å². The van der Waals surface area contributed by atoms with Crippen molar-refractivity contribution in [1.82, 2.24) is 0 Å². The van der Waals surface area contributed by atoms with Crippen LogP contribution in [0.5, 0.6) is 0 Å². The SMILES string of the molecule is CCCCCCCCCC[N+](C)(CCCCCC)Cc1ccc(-c2ccc(C[N+](C)(CCCCCC)CCCCCCCCCC)cc2)cc1.[Cl-].[Cl-]. The Labute approximate surface area is 338 Å². The van der Waals surface area contributed by atoms with Crippen LogP contribution in [0.4, 0.5) is 0 Å². The minimum Gasteiger partial charge on any atom is -1.00 e. The van der Waals surface area contributed by atoms with E-state index in [-0.39, 0.29) is 24.8 Å². The maximum absolute atomic E-state index is 2.53. The molecule has 0 radical (unpaired) electrons. The molecule has 0 fully saturated rings. The van der Waals surface area contributed by atoms with Gasteiger partial charge in [-0.2, -0.15) is 0 Å². The van der Waals surface area contributed by atoms with Crippen molar-refractivity contribution in [2.75, 3.05) is 40.3 Å². The number of unbranched alkanes of at least 4 members (excludes halogenated alkanes) is 20. The molecular formula is C48H86Cl2N2. The Morgan fingerprint density at radius 1 is 0.308 bits per heavy atom. The van der Waals surface area contributed by atoms with Crippen molar-refractivity contribution in [3.05, 3.63) is 59.7 Å². The monoisotopic (exact) mass is 761 g/mol. The lowest BCUT2D eigenvalue weighted by Gasteiger charge is -2.35. The first-order valence-corrected chi connectivity index (χ1v) is 22.2. The Balaban J connectivity index is 0.0000130. The summed E-state index contributed by atoms with van der Waals surface area (Å²) in [7, 11) is 5.06. The number of halogens is 2. The quantitative estimate of drug-likeness (QED) is 0.0505. The van der Waals surface area contributed by atoms with E-state index in [0.717, 1.165) is 13.1 Å². The lowest BCUT2D eigenvalue weighted by Crippen LogP contribution is -3.00. The van der Waals surface area contributed by atoms with Gasteiger partial charge in [-0.1, -0.05) is 179 Å². The van der Waals surface area contributed by atoms with Crippen molar-refractivity contribution in [2.24, 2.45) is 0 Å². The Morgan fingerprint density at radius 3 is 0.769 bits per heavy atom. The van der Waals surface area contributed by atoms with Gasteiger partial charge >= 0.3 is 0 Å². The Bertz CT molecular complexity index is 970. The van der Waals surface area contributed by atoms with Crippen LogP contribution in [-0.4, -0.2) is 49.2 Å². The molecule has 0 spiro atoms. The topological polar surface area (TPSA) is 0 Å². The van der Waals surface area contributed by atoms with Gasteiger partial charge in [0.05, 0.1) is 40.3 Å². The van der Waals surface area contributed by atoms with Crippen LogP contribution < -0.4 is 24.8 Å². The summed E-state index contributed by atoms with van der Waals surface area (Å²) < 4.78 is 2.39.